The van der Waals surface area contributed by atoms with E-state index in [4.69, 9.17) is 4.74 Å². The van der Waals surface area contributed by atoms with Crippen LogP contribution in [-0.2, 0) is 0 Å². The van der Waals surface area contributed by atoms with Gasteiger partial charge < -0.3 is 15.4 Å². The maximum Gasteiger partial charge on any atom is 0.274 e. The van der Waals surface area contributed by atoms with Gasteiger partial charge in [-0.05, 0) is 75.5 Å². The molecule has 0 aliphatic carbocycles. The Balaban J connectivity index is 1.52. The van der Waals surface area contributed by atoms with Gasteiger partial charge in [0.1, 0.15) is 6.10 Å². The van der Waals surface area contributed by atoms with E-state index in [0.717, 1.165) is 49.7 Å². The first kappa shape index (κ1) is 14.4. The molecule has 3 heterocycles. The maximum atomic E-state index is 6.08. The molecule has 2 aromatic rings. The van der Waals surface area contributed by atoms with E-state index in [1.54, 1.807) is 11.3 Å². The second-order valence-electron chi connectivity index (χ2n) is 6.30. The molecule has 0 amide bonds. The Bertz CT molecular complexity index is 630. The standard InChI is InChI=1S/C17H23N3OS/c1-2-15-16(11-13(1)12-3-7-18-8-4-12)22-17(20-15)21-14-5-9-19-10-6-14/h1-2,11-12,14,18-19H,3-10H2. The fourth-order valence-corrected chi connectivity index (χ4v) is 4.37. The Hall–Kier alpha value is -1.17. The number of aromatic nitrogens is 1. The van der Waals surface area contributed by atoms with Crippen LogP contribution in [0.4, 0.5) is 0 Å². The lowest BCUT2D eigenvalue weighted by molar-refractivity contribution is 0.162. The molecule has 2 fully saturated rings. The molecule has 0 radical (unpaired) electrons. The fourth-order valence-electron chi connectivity index (χ4n) is 3.44. The van der Waals surface area contributed by atoms with Crippen molar-refractivity contribution >= 4 is 21.6 Å². The summed E-state index contributed by atoms with van der Waals surface area (Å²) in [5.74, 6) is 0.696. The third-order valence-corrected chi connectivity index (χ3v) is 5.67. The average Bonchev–Trinajstić information content (AvgIpc) is 2.98. The molecule has 0 spiro atoms. The molecule has 0 bridgehead atoms. The zero-order valence-corrected chi connectivity index (χ0v) is 13.6. The van der Waals surface area contributed by atoms with Crippen LogP contribution in [0.5, 0.6) is 5.19 Å². The molecule has 118 valence electrons. The van der Waals surface area contributed by atoms with E-state index in [9.17, 15) is 0 Å². The number of ether oxygens (including phenoxy) is 1. The first-order valence-corrected chi connectivity index (χ1v) is 9.19. The van der Waals surface area contributed by atoms with Crippen LogP contribution in [0, 0.1) is 0 Å². The van der Waals surface area contributed by atoms with Crippen molar-refractivity contribution < 1.29 is 4.74 Å². The lowest BCUT2D eigenvalue weighted by Crippen LogP contribution is -2.34. The molecule has 4 nitrogen and oxygen atoms in total. The molecule has 1 aromatic heterocycles. The first-order chi connectivity index (χ1) is 10.9. The summed E-state index contributed by atoms with van der Waals surface area (Å²) in [6, 6.07) is 6.75. The number of nitrogens with one attached hydrogen (secondary N) is 2. The van der Waals surface area contributed by atoms with Crippen molar-refractivity contribution in [2.24, 2.45) is 0 Å². The smallest absolute Gasteiger partial charge is 0.274 e. The maximum absolute atomic E-state index is 6.08. The SMILES string of the molecule is c1cc2nc(OC3CCNCC3)sc2cc1C1CCNCC1. The third kappa shape index (κ3) is 3.12. The summed E-state index contributed by atoms with van der Waals surface area (Å²) in [6.07, 6.45) is 4.96. The molecule has 22 heavy (non-hydrogen) atoms. The number of fused-ring (bicyclic) bond motifs is 1. The highest BCUT2D eigenvalue weighted by Crippen LogP contribution is 2.33. The second kappa shape index (κ2) is 6.52. The predicted octanol–water partition coefficient (Wildman–Crippen LogP) is 2.89. The average molecular weight is 317 g/mol. The van der Waals surface area contributed by atoms with Crippen LogP contribution in [0.15, 0.2) is 18.2 Å². The zero-order valence-electron chi connectivity index (χ0n) is 12.8. The third-order valence-electron chi connectivity index (χ3n) is 4.76. The number of benzene rings is 1. The molecule has 2 aliphatic rings. The van der Waals surface area contributed by atoms with Crippen molar-refractivity contribution in [3.05, 3.63) is 23.8 Å². The molecule has 0 atom stereocenters. The van der Waals surface area contributed by atoms with Crippen molar-refractivity contribution in [3.63, 3.8) is 0 Å². The lowest BCUT2D eigenvalue weighted by atomic mass is 9.90. The molecule has 0 saturated carbocycles. The Morgan fingerprint density at radius 1 is 1.00 bits per heavy atom. The van der Waals surface area contributed by atoms with Crippen molar-refractivity contribution in [2.45, 2.75) is 37.7 Å². The molecule has 1 aromatic carbocycles. The van der Waals surface area contributed by atoms with Gasteiger partial charge in [0.2, 0.25) is 0 Å². The summed E-state index contributed by atoms with van der Waals surface area (Å²) in [4.78, 5) is 4.66. The topological polar surface area (TPSA) is 46.2 Å². The van der Waals surface area contributed by atoms with Crippen molar-refractivity contribution in [3.8, 4) is 5.19 Å². The Morgan fingerprint density at radius 2 is 1.73 bits per heavy atom. The molecule has 0 unspecified atom stereocenters. The highest BCUT2D eigenvalue weighted by Gasteiger charge is 2.18. The van der Waals surface area contributed by atoms with E-state index in [1.807, 2.05) is 0 Å². The van der Waals surface area contributed by atoms with Gasteiger partial charge in [0.25, 0.3) is 5.19 Å². The van der Waals surface area contributed by atoms with Gasteiger partial charge >= 0.3 is 0 Å². The van der Waals surface area contributed by atoms with Gasteiger partial charge in [-0.2, -0.15) is 0 Å². The van der Waals surface area contributed by atoms with E-state index < -0.39 is 0 Å². The van der Waals surface area contributed by atoms with Gasteiger partial charge in [-0.3, -0.25) is 0 Å². The van der Waals surface area contributed by atoms with Gasteiger partial charge in [0.05, 0.1) is 10.2 Å². The van der Waals surface area contributed by atoms with Crippen molar-refractivity contribution in [1.82, 2.24) is 15.6 Å². The van der Waals surface area contributed by atoms with Crippen LogP contribution in [-0.4, -0.2) is 37.3 Å². The van der Waals surface area contributed by atoms with Crippen LogP contribution in [0.2, 0.25) is 0 Å². The van der Waals surface area contributed by atoms with Gasteiger partial charge in [-0.1, -0.05) is 17.4 Å². The van der Waals surface area contributed by atoms with E-state index >= 15 is 0 Å². The summed E-state index contributed by atoms with van der Waals surface area (Å²) in [5.41, 5.74) is 2.54. The number of piperidine rings is 2. The minimum absolute atomic E-state index is 0.325. The van der Waals surface area contributed by atoms with E-state index in [0.29, 0.717) is 12.0 Å². The van der Waals surface area contributed by atoms with Gasteiger partial charge in [-0.25, -0.2) is 4.98 Å². The highest BCUT2D eigenvalue weighted by molar-refractivity contribution is 7.20. The molecular formula is C17H23N3OS. The summed E-state index contributed by atoms with van der Waals surface area (Å²) in [7, 11) is 0. The molecule has 4 rings (SSSR count). The largest absolute Gasteiger partial charge is 0.467 e. The van der Waals surface area contributed by atoms with E-state index in [-0.39, 0.29) is 0 Å². The highest BCUT2D eigenvalue weighted by atomic mass is 32.1. The summed E-state index contributed by atoms with van der Waals surface area (Å²) >= 11 is 1.70. The summed E-state index contributed by atoms with van der Waals surface area (Å²) in [5, 5.41) is 7.64. The Kier molecular flexibility index (Phi) is 4.28. The summed E-state index contributed by atoms with van der Waals surface area (Å²) < 4.78 is 7.35. The quantitative estimate of drug-likeness (QED) is 0.914. The number of thiazole rings is 1. The Morgan fingerprint density at radius 3 is 2.50 bits per heavy atom. The fraction of sp³-hybridized carbons (Fsp3) is 0.588. The minimum Gasteiger partial charge on any atom is -0.467 e. The lowest BCUT2D eigenvalue weighted by Gasteiger charge is -2.22. The van der Waals surface area contributed by atoms with Crippen LogP contribution < -0.4 is 15.4 Å². The zero-order chi connectivity index (χ0) is 14.8. The number of rotatable bonds is 3. The second-order valence-corrected chi connectivity index (χ2v) is 7.29. The van der Waals surface area contributed by atoms with Gasteiger partial charge in [0.15, 0.2) is 0 Å². The predicted molar refractivity (Wildman–Crippen MR) is 91.0 cm³/mol. The van der Waals surface area contributed by atoms with E-state index in [2.05, 4.69) is 33.8 Å². The van der Waals surface area contributed by atoms with E-state index in [1.165, 1.54) is 23.1 Å². The van der Waals surface area contributed by atoms with Crippen LogP contribution in [0.25, 0.3) is 10.2 Å². The van der Waals surface area contributed by atoms with Crippen LogP contribution in [0.1, 0.15) is 37.2 Å². The normalized spacial score (nSPS) is 21.3. The van der Waals surface area contributed by atoms with Gasteiger partial charge in [-0.15, -0.1) is 0 Å². The molecule has 5 heteroatoms. The summed E-state index contributed by atoms with van der Waals surface area (Å²) in [6.45, 7) is 4.37. The van der Waals surface area contributed by atoms with Gasteiger partial charge in [0, 0.05) is 0 Å². The molecule has 2 saturated heterocycles. The molecular weight excluding hydrogens is 294 g/mol. The Labute approximate surface area is 135 Å². The minimum atomic E-state index is 0.325. The van der Waals surface area contributed by atoms with Crippen molar-refractivity contribution in [2.75, 3.05) is 26.2 Å². The number of hydrogen-bond acceptors (Lipinski definition) is 5. The number of nitrogens with zero attached hydrogens (tertiary/aromatic N) is 1. The van der Waals surface area contributed by atoms with Crippen molar-refractivity contribution in [1.29, 1.82) is 0 Å². The number of hydrogen-bond donors (Lipinski definition) is 2. The molecule has 2 aliphatic heterocycles. The van der Waals surface area contributed by atoms with Crippen LogP contribution in [0.3, 0.4) is 0 Å². The molecule has 2 N–H and O–H groups in total. The van der Waals surface area contributed by atoms with Crippen LogP contribution >= 0.6 is 11.3 Å². The first-order valence-electron chi connectivity index (χ1n) is 8.37. The monoisotopic (exact) mass is 317 g/mol.